The highest BCUT2D eigenvalue weighted by Gasteiger charge is 2.40. The topological polar surface area (TPSA) is 72.3 Å². The molecule has 0 atom stereocenters. The maximum absolute atomic E-state index is 4.91. The van der Waals surface area contributed by atoms with E-state index in [9.17, 15) is 0 Å². The zero-order valence-electron chi connectivity index (χ0n) is 20.6. The van der Waals surface area contributed by atoms with Gasteiger partial charge in [-0.3, -0.25) is 5.10 Å². The molecule has 0 aliphatic heterocycles. The lowest BCUT2D eigenvalue weighted by molar-refractivity contribution is 0.472. The van der Waals surface area contributed by atoms with Gasteiger partial charge >= 0.3 is 0 Å². The summed E-state index contributed by atoms with van der Waals surface area (Å²) in [5.41, 5.74) is 4.51. The van der Waals surface area contributed by atoms with E-state index in [1.165, 1.54) is 3.57 Å². The van der Waals surface area contributed by atoms with E-state index in [0.717, 1.165) is 42.3 Å². The SMILES string of the molecule is Ic1ccnc2[nH]ncc12.Ic1ccnc2c1cnn2C(c1ccccc1)(c1ccccc1)c1ccccc1. The molecule has 0 amide bonds. The van der Waals surface area contributed by atoms with Gasteiger partial charge in [-0.05, 0) is 74.0 Å². The number of nitrogens with zero attached hydrogens (tertiary/aromatic N) is 5. The van der Waals surface area contributed by atoms with Crippen LogP contribution in [0.25, 0.3) is 22.1 Å². The molecule has 0 saturated heterocycles. The molecule has 1 N–H and O–H groups in total. The Balaban J connectivity index is 0.000000231. The van der Waals surface area contributed by atoms with Crippen LogP contribution < -0.4 is 0 Å². The quantitative estimate of drug-likeness (QED) is 0.151. The van der Waals surface area contributed by atoms with Crippen molar-refractivity contribution in [2.75, 3.05) is 0 Å². The van der Waals surface area contributed by atoms with Crippen molar-refractivity contribution in [2.24, 2.45) is 0 Å². The van der Waals surface area contributed by atoms with Gasteiger partial charge in [-0.2, -0.15) is 10.2 Å². The maximum Gasteiger partial charge on any atom is 0.160 e. The van der Waals surface area contributed by atoms with Gasteiger partial charge in [0.2, 0.25) is 0 Å². The number of nitrogens with one attached hydrogen (secondary N) is 1. The Morgan fingerprint density at radius 1 is 0.590 bits per heavy atom. The van der Waals surface area contributed by atoms with Crippen LogP contribution >= 0.6 is 45.2 Å². The molecular weight excluding hydrogens is 710 g/mol. The van der Waals surface area contributed by atoms with E-state index in [1.54, 1.807) is 12.4 Å². The van der Waals surface area contributed by atoms with Crippen LogP contribution in [-0.4, -0.2) is 29.9 Å². The molecular formula is C31H22I2N6. The first-order chi connectivity index (χ1) is 19.2. The summed E-state index contributed by atoms with van der Waals surface area (Å²) in [5.74, 6) is 0. The molecule has 0 aliphatic carbocycles. The third-order valence-corrected chi connectivity index (χ3v) is 8.49. The van der Waals surface area contributed by atoms with Gasteiger partial charge in [0.1, 0.15) is 5.54 Å². The van der Waals surface area contributed by atoms with Gasteiger partial charge < -0.3 is 0 Å². The standard InChI is InChI=1S/C25H18IN3.C6H4IN3/c26-23-16-17-27-24-22(23)18-28-29(24)25(19-10-4-1-5-11-19,20-12-6-2-7-13-20)21-14-8-3-9-15-21;7-5-1-2-8-6-4(5)3-9-10-6/h1-18H;1-3H,(H,8,9,10). The molecule has 0 aliphatic rings. The zero-order chi connectivity index (χ0) is 26.7. The summed E-state index contributed by atoms with van der Waals surface area (Å²) in [5, 5.41) is 13.7. The maximum atomic E-state index is 4.91. The Labute approximate surface area is 252 Å². The van der Waals surface area contributed by atoms with Crippen molar-refractivity contribution in [1.29, 1.82) is 0 Å². The van der Waals surface area contributed by atoms with Gasteiger partial charge in [0.05, 0.1) is 23.2 Å². The molecule has 0 radical (unpaired) electrons. The molecule has 8 heteroatoms. The molecule has 39 heavy (non-hydrogen) atoms. The smallest absolute Gasteiger partial charge is 0.160 e. The number of hydrogen-bond donors (Lipinski definition) is 1. The van der Waals surface area contributed by atoms with E-state index in [0.29, 0.717) is 0 Å². The van der Waals surface area contributed by atoms with Crippen LogP contribution in [0.2, 0.25) is 0 Å². The van der Waals surface area contributed by atoms with E-state index >= 15 is 0 Å². The molecule has 0 unspecified atom stereocenters. The first-order valence-corrected chi connectivity index (χ1v) is 14.4. The minimum atomic E-state index is -0.636. The Kier molecular flexibility index (Phi) is 7.38. The fourth-order valence-corrected chi connectivity index (χ4v) is 5.96. The minimum absolute atomic E-state index is 0.636. The zero-order valence-corrected chi connectivity index (χ0v) is 24.9. The largest absolute Gasteiger partial charge is 0.261 e. The molecule has 190 valence electrons. The number of aromatic nitrogens is 6. The van der Waals surface area contributed by atoms with Crippen molar-refractivity contribution in [2.45, 2.75) is 5.54 Å². The fourth-order valence-electron chi connectivity index (χ4n) is 4.87. The Morgan fingerprint density at radius 3 is 1.64 bits per heavy atom. The molecule has 7 rings (SSSR count). The van der Waals surface area contributed by atoms with E-state index in [1.807, 2.05) is 42.7 Å². The summed E-state index contributed by atoms with van der Waals surface area (Å²) in [6.07, 6.45) is 7.33. The summed E-state index contributed by atoms with van der Waals surface area (Å²) < 4.78 is 4.39. The number of fused-ring (bicyclic) bond motifs is 2. The average Bonchev–Trinajstić information content (AvgIpc) is 3.66. The predicted molar refractivity (Wildman–Crippen MR) is 171 cm³/mol. The summed E-state index contributed by atoms with van der Waals surface area (Å²) in [7, 11) is 0. The lowest BCUT2D eigenvalue weighted by Gasteiger charge is -2.36. The number of aromatic amines is 1. The van der Waals surface area contributed by atoms with Crippen molar-refractivity contribution in [1.82, 2.24) is 29.9 Å². The molecule has 4 aromatic heterocycles. The average molecular weight is 732 g/mol. The molecule has 6 nitrogen and oxygen atoms in total. The highest BCUT2D eigenvalue weighted by atomic mass is 127. The summed E-state index contributed by atoms with van der Waals surface area (Å²) in [6, 6.07) is 35.6. The monoisotopic (exact) mass is 732 g/mol. The third-order valence-electron chi connectivity index (χ3n) is 6.61. The van der Waals surface area contributed by atoms with Crippen molar-refractivity contribution < 1.29 is 0 Å². The molecule has 0 bridgehead atoms. The normalized spacial score (nSPS) is 11.3. The van der Waals surface area contributed by atoms with Crippen molar-refractivity contribution in [3.63, 3.8) is 0 Å². The number of rotatable bonds is 4. The molecule has 0 spiro atoms. The summed E-state index contributed by atoms with van der Waals surface area (Å²) in [6.45, 7) is 0. The van der Waals surface area contributed by atoms with Crippen LogP contribution in [0, 0.1) is 7.14 Å². The van der Waals surface area contributed by atoms with Crippen LogP contribution in [0.3, 0.4) is 0 Å². The molecule has 7 aromatic rings. The van der Waals surface area contributed by atoms with E-state index < -0.39 is 5.54 Å². The lowest BCUT2D eigenvalue weighted by Crippen LogP contribution is -2.38. The second-order valence-electron chi connectivity index (χ2n) is 8.82. The van der Waals surface area contributed by atoms with Crippen molar-refractivity contribution >= 4 is 67.2 Å². The van der Waals surface area contributed by atoms with Gasteiger partial charge in [-0.1, -0.05) is 91.0 Å². The predicted octanol–water partition coefficient (Wildman–Crippen LogP) is 7.44. The van der Waals surface area contributed by atoms with Gasteiger partial charge in [-0.15, -0.1) is 0 Å². The first kappa shape index (κ1) is 25.6. The number of pyridine rings is 2. The number of halogens is 2. The summed E-state index contributed by atoms with van der Waals surface area (Å²) in [4.78, 5) is 8.82. The number of H-pyrrole nitrogens is 1. The Hall–Kier alpha value is -3.64. The Bertz CT molecular complexity index is 1740. The van der Waals surface area contributed by atoms with Crippen LogP contribution in [0.4, 0.5) is 0 Å². The van der Waals surface area contributed by atoms with Gasteiger partial charge in [0.15, 0.2) is 11.3 Å². The number of hydrogen-bond acceptors (Lipinski definition) is 4. The van der Waals surface area contributed by atoms with Crippen LogP contribution in [-0.2, 0) is 5.54 Å². The van der Waals surface area contributed by atoms with Gasteiger partial charge in [-0.25, -0.2) is 14.6 Å². The molecule has 3 aromatic carbocycles. The van der Waals surface area contributed by atoms with Crippen molar-refractivity contribution in [3.05, 3.63) is 152 Å². The van der Waals surface area contributed by atoms with Crippen LogP contribution in [0.1, 0.15) is 16.7 Å². The van der Waals surface area contributed by atoms with Crippen LogP contribution in [0.15, 0.2) is 128 Å². The van der Waals surface area contributed by atoms with E-state index in [4.69, 9.17) is 10.1 Å². The van der Waals surface area contributed by atoms with E-state index in [-0.39, 0.29) is 0 Å². The second-order valence-corrected chi connectivity index (χ2v) is 11.1. The van der Waals surface area contributed by atoms with Crippen LogP contribution in [0.5, 0.6) is 0 Å². The van der Waals surface area contributed by atoms with E-state index in [2.05, 4.69) is 138 Å². The lowest BCUT2D eigenvalue weighted by atomic mass is 9.77. The van der Waals surface area contributed by atoms with Gasteiger partial charge in [0, 0.05) is 19.5 Å². The molecule has 0 fully saturated rings. The Morgan fingerprint density at radius 2 is 1.10 bits per heavy atom. The second kappa shape index (κ2) is 11.2. The highest BCUT2D eigenvalue weighted by molar-refractivity contribution is 14.1. The third kappa shape index (κ3) is 4.71. The number of benzene rings is 3. The van der Waals surface area contributed by atoms with Crippen molar-refractivity contribution in [3.8, 4) is 0 Å². The highest BCUT2D eigenvalue weighted by Crippen LogP contribution is 2.42. The minimum Gasteiger partial charge on any atom is -0.261 e. The molecule has 0 saturated carbocycles. The fraction of sp³-hybridized carbons (Fsp3) is 0.0323. The van der Waals surface area contributed by atoms with Gasteiger partial charge in [0.25, 0.3) is 0 Å². The molecule has 4 heterocycles. The summed E-state index contributed by atoms with van der Waals surface area (Å²) >= 11 is 4.61. The first-order valence-electron chi connectivity index (χ1n) is 12.3.